The smallest absolute Gasteiger partial charge is 0.326 e. The van der Waals surface area contributed by atoms with Gasteiger partial charge in [0.2, 0.25) is 5.91 Å². The monoisotopic (exact) mass is 273 g/mol. The van der Waals surface area contributed by atoms with Gasteiger partial charge in [-0.05, 0) is 19.3 Å². The highest BCUT2D eigenvalue weighted by atomic mass is 16.4. The number of carboxylic acids is 1. The molecule has 3 amide bonds. The molecule has 7 heteroatoms. The van der Waals surface area contributed by atoms with E-state index in [9.17, 15) is 14.4 Å². The fourth-order valence-corrected chi connectivity index (χ4v) is 1.69. The first-order valence-corrected chi connectivity index (χ1v) is 6.19. The second kappa shape index (κ2) is 7.60. The zero-order chi connectivity index (χ0) is 15.2. The molecule has 110 valence electrons. The van der Waals surface area contributed by atoms with E-state index in [4.69, 9.17) is 10.8 Å². The molecule has 0 heterocycles. The van der Waals surface area contributed by atoms with Gasteiger partial charge in [-0.3, -0.25) is 4.79 Å². The lowest BCUT2D eigenvalue weighted by molar-refractivity contribution is -0.141. The maximum absolute atomic E-state index is 11.9. The third-order valence-corrected chi connectivity index (χ3v) is 2.80. The number of carbonyl (C=O) groups is 3. The highest BCUT2D eigenvalue weighted by molar-refractivity contribution is 5.87. The Morgan fingerprint density at radius 2 is 1.79 bits per heavy atom. The van der Waals surface area contributed by atoms with Crippen molar-refractivity contribution in [3.05, 3.63) is 0 Å². The van der Waals surface area contributed by atoms with Gasteiger partial charge >= 0.3 is 12.0 Å². The van der Waals surface area contributed by atoms with E-state index in [1.807, 2.05) is 20.8 Å². The van der Waals surface area contributed by atoms with Crippen molar-refractivity contribution in [2.45, 2.75) is 45.7 Å². The molecule has 0 bridgehead atoms. The largest absolute Gasteiger partial charge is 0.480 e. The molecule has 0 radical (unpaired) electrons. The summed E-state index contributed by atoms with van der Waals surface area (Å²) >= 11 is 0. The van der Waals surface area contributed by atoms with Crippen LogP contribution in [-0.2, 0) is 9.59 Å². The number of hydrogen-bond acceptors (Lipinski definition) is 3. The molecule has 0 fully saturated rings. The van der Waals surface area contributed by atoms with Crippen LogP contribution in [-0.4, -0.2) is 47.0 Å². The molecule has 1 unspecified atom stereocenters. The van der Waals surface area contributed by atoms with Gasteiger partial charge in [0.1, 0.15) is 6.04 Å². The number of aliphatic carboxylic acids is 1. The molecule has 0 aliphatic heterocycles. The second-order valence-electron chi connectivity index (χ2n) is 5.10. The van der Waals surface area contributed by atoms with Crippen LogP contribution in [0.4, 0.5) is 4.79 Å². The summed E-state index contributed by atoms with van der Waals surface area (Å²) < 4.78 is 0. The predicted molar refractivity (Wildman–Crippen MR) is 70.4 cm³/mol. The molecule has 0 aromatic carbocycles. The van der Waals surface area contributed by atoms with E-state index in [1.165, 1.54) is 4.90 Å². The number of hydrogen-bond donors (Lipinski definition) is 3. The van der Waals surface area contributed by atoms with Crippen LogP contribution in [0, 0.1) is 5.92 Å². The molecule has 0 saturated heterocycles. The average Bonchev–Trinajstić information content (AvgIpc) is 2.25. The SMILES string of the molecule is CC(C)CC(C)N(C)C(=O)N[C@@H](CC(N)=O)C(=O)O. The van der Waals surface area contributed by atoms with E-state index in [-0.39, 0.29) is 6.04 Å². The first-order valence-electron chi connectivity index (χ1n) is 6.19. The minimum absolute atomic E-state index is 0.0250. The van der Waals surface area contributed by atoms with E-state index >= 15 is 0 Å². The van der Waals surface area contributed by atoms with Gasteiger partial charge in [-0.2, -0.15) is 0 Å². The zero-order valence-corrected chi connectivity index (χ0v) is 11.8. The van der Waals surface area contributed by atoms with Crippen LogP contribution < -0.4 is 11.1 Å². The van der Waals surface area contributed by atoms with Crippen molar-refractivity contribution >= 4 is 17.9 Å². The molecule has 4 N–H and O–H groups in total. The molecule has 0 saturated carbocycles. The lowest BCUT2D eigenvalue weighted by Gasteiger charge is -2.27. The van der Waals surface area contributed by atoms with E-state index in [2.05, 4.69) is 5.32 Å². The molecule has 0 aliphatic carbocycles. The molecule has 0 aliphatic rings. The van der Waals surface area contributed by atoms with Gasteiger partial charge in [-0.1, -0.05) is 13.8 Å². The summed E-state index contributed by atoms with van der Waals surface area (Å²) in [6.45, 7) is 5.95. The van der Waals surface area contributed by atoms with Crippen LogP contribution in [0.1, 0.15) is 33.6 Å². The Balaban J connectivity index is 4.54. The third kappa shape index (κ3) is 6.64. The summed E-state index contributed by atoms with van der Waals surface area (Å²) in [6, 6.07) is -1.84. The van der Waals surface area contributed by atoms with Crippen molar-refractivity contribution in [3.63, 3.8) is 0 Å². The number of primary amides is 1. The predicted octanol–water partition coefficient (Wildman–Crippen LogP) is 0.391. The standard InChI is InChI=1S/C12H23N3O4/c1-7(2)5-8(3)15(4)12(19)14-9(11(17)18)6-10(13)16/h7-9H,5-6H2,1-4H3,(H2,13,16)(H,14,19)(H,17,18)/t8?,9-/m0/s1. The van der Waals surface area contributed by atoms with Crippen molar-refractivity contribution in [2.75, 3.05) is 7.05 Å². The van der Waals surface area contributed by atoms with E-state index in [1.54, 1.807) is 7.05 Å². The van der Waals surface area contributed by atoms with Crippen molar-refractivity contribution in [2.24, 2.45) is 11.7 Å². The van der Waals surface area contributed by atoms with Crippen molar-refractivity contribution < 1.29 is 19.5 Å². The van der Waals surface area contributed by atoms with Crippen molar-refractivity contribution in [3.8, 4) is 0 Å². The lowest BCUT2D eigenvalue weighted by atomic mass is 10.0. The summed E-state index contributed by atoms with van der Waals surface area (Å²) in [7, 11) is 1.59. The fraction of sp³-hybridized carbons (Fsp3) is 0.750. The topological polar surface area (TPSA) is 113 Å². The van der Waals surface area contributed by atoms with Crippen LogP contribution in [0.3, 0.4) is 0 Å². The number of amides is 3. The summed E-state index contributed by atoms with van der Waals surface area (Å²) in [5.74, 6) is -1.63. The first-order chi connectivity index (χ1) is 8.65. The zero-order valence-electron chi connectivity index (χ0n) is 11.8. The van der Waals surface area contributed by atoms with Crippen molar-refractivity contribution in [1.29, 1.82) is 0 Å². The molecular weight excluding hydrogens is 250 g/mol. The van der Waals surface area contributed by atoms with Crippen molar-refractivity contribution in [1.82, 2.24) is 10.2 Å². The minimum Gasteiger partial charge on any atom is -0.480 e. The summed E-state index contributed by atoms with van der Waals surface area (Å²) in [4.78, 5) is 34.9. The van der Waals surface area contributed by atoms with Gasteiger partial charge in [-0.15, -0.1) is 0 Å². The van der Waals surface area contributed by atoms with Gasteiger partial charge in [0.25, 0.3) is 0 Å². The Hall–Kier alpha value is -1.79. The maximum Gasteiger partial charge on any atom is 0.326 e. The Morgan fingerprint density at radius 3 is 2.16 bits per heavy atom. The number of urea groups is 1. The molecular formula is C12H23N3O4. The van der Waals surface area contributed by atoms with Gasteiger partial charge in [0, 0.05) is 13.1 Å². The van der Waals surface area contributed by atoms with E-state index < -0.39 is 30.4 Å². The lowest BCUT2D eigenvalue weighted by Crippen LogP contribution is -2.50. The first kappa shape index (κ1) is 17.2. The highest BCUT2D eigenvalue weighted by Crippen LogP contribution is 2.09. The van der Waals surface area contributed by atoms with Crippen LogP contribution in [0.5, 0.6) is 0 Å². The highest BCUT2D eigenvalue weighted by Gasteiger charge is 2.25. The minimum atomic E-state index is -1.29. The molecule has 0 rings (SSSR count). The number of rotatable bonds is 7. The molecule has 2 atom stereocenters. The average molecular weight is 273 g/mol. The molecule has 0 aromatic rings. The molecule has 19 heavy (non-hydrogen) atoms. The Labute approximate surface area is 113 Å². The van der Waals surface area contributed by atoms with Gasteiger partial charge in [-0.25, -0.2) is 9.59 Å². The third-order valence-electron chi connectivity index (χ3n) is 2.80. The molecule has 0 aromatic heterocycles. The van der Waals surface area contributed by atoms with E-state index in [0.29, 0.717) is 5.92 Å². The number of carboxylic acid groups (broad SMARTS) is 1. The summed E-state index contributed by atoms with van der Waals surface area (Å²) in [6.07, 6.45) is 0.380. The number of nitrogens with two attached hydrogens (primary N) is 1. The Kier molecular flexibility index (Phi) is 6.89. The number of nitrogens with zero attached hydrogens (tertiary/aromatic N) is 1. The molecule has 0 spiro atoms. The normalized spacial score (nSPS) is 13.7. The van der Waals surface area contributed by atoms with E-state index in [0.717, 1.165) is 6.42 Å². The van der Waals surface area contributed by atoms with Crippen LogP contribution >= 0.6 is 0 Å². The quantitative estimate of drug-likeness (QED) is 0.622. The van der Waals surface area contributed by atoms with Crippen LogP contribution in [0.2, 0.25) is 0 Å². The number of nitrogens with one attached hydrogen (secondary N) is 1. The van der Waals surface area contributed by atoms with Gasteiger partial charge in [0.15, 0.2) is 0 Å². The van der Waals surface area contributed by atoms with Crippen LogP contribution in [0.25, 0.3) is 0 Å². The maximum atomic E-state index is 11.9. The summed E-state index contributed by atoms with van der Waals surface area (Å²) in [5, 5.41) is 11.2. The summed E-state index contributed by atoms with van der Waals surface area (Å²) in [5.41, 5.74) is 4.94. The molecule has 7 nitrogen and oxygen atoms in total. The fourth-order valence-electron chi connectivity index (χ4n) is 1.69. The number of carbonyl (C=O) groups excluding carboxylic acids is 2. The van der Waals surface area contributed by atoms with Crippen LogP contribution in [0.15, 0.2) is 0 Å². The second-order valence-corrected chi connectivity index (χ2v) is 5.10. The Bertz CT molecular complexity index is 344. The van der Waals surface area contributed by atoms with Gasteiger partial charge < -0.3 is 21.1 Å². The van der Waals surface area contributed by atoms with Gasteiger partial charge in [0.05, 0.1) is 6.42 Å². The Morgan fingerprint density at radius 1 is 1.26 bits per heavy atom.